The molecule has 0 saturated heterocycles. The van der Waals surface area contributed by atoms with Crippen molar-refractivity contribution in [1.29, 1.82) is 0 Å². The summed E-state index contributed by atoms with van der Waals surface area (Å²) in [7, 11) is 0. The summed E-state index contributed by atoms with van der Waals surface area (Å²) in [5.41, 5.74) is 0.898. The standard InChI is InChI=1S/C13H22N4O2/c1-5-16-12(11(17(18)19)10(4)15-16)14-8-13(6-7-13)9(2)3/h9,14H,5-8H2,1-4H3. The summed E-state index contributed by atoms with van der Waals surface area (Å²) in [6.07, 6.45) is 2.40. The van der Waals surface area contributed by atoms with Gasteiger partial charge in [-0.05, 0) is 38.0 Å². The van der Waals surface area contributed by atoms with E-state index in [1.165, 1.54) is 12.8 Å². The van der Waals surface area contributed by atoms with Gasteiger partial charge in [-0.1, -0.05) is 13.8 Å². The number of aromatic nitrogens is 2. The highest BCUT2D eigenvalue weighted by Crippen LogP contribution is 2.52. The number of nitrogens with zero attached hydrogens (tertiary/aromatic N) is 3. The molecule has 2 rings (SSSR count). The monoisotopic (exact) mass is 266 g/mol. The van der Waals surface area contributed by atoms with Gasteiger partial charge in [-0.2, -0.15) is 5.10 Å². The fourth-order valence-electron chi connectivity index (χ4n) is 2.57. The molecule has 1 aliphatic rings. The zero-order valence-corrected chi connectivity index (χ0v) is 12.1. The van der Waals surface area contributed by atoms with Crippen molar-refractivity contribution in [1.82, 2.24) is 9.78 Å². The van der Waals surface area contributed by atoms with Gasteiger partial charge in [-0.15, -0.1) is 0 Å². The topological polar surface area (TPSA) is 73.0 Å². The van der Waals surface area contributed by atoms with Crippen LogP contribution in [0.2, 0.25) is 0 Å². The third-order valence-corrected chi connectivity index (χ3v) is 4.30. The molecule has 106 valence electrons. The Balaban J connectivity index is 2.22. The Kier molecular flexibility index (Phi) is 3.52. The lowest BCUT2D eigenvalue weighted by molar-refractivity contribution is -0.384. The SMILES string of the molecule is CCn1nc(C)c([N+](=O)[O-])c1NCC1(C(C)C)CC1. The average molecular weight is 266 g/mol. The fraction of sp³-hybridized carbons (Fsp3) is 0.769. The summed E-state index contributed by atoms with van der Waals surface area (Å²) in [5, 5.41) is 18.7. The molecule has 6 nitrogen and oxygen atoms in total. The van der Waals surface area contributed by atoms with E-state index in [0.29, 0.717) is 29.4 Å². The van der Waals surface area contributed by atoms with E-state index >= 15 is 0 Å². The van der Waals surface area contributed by atoms with Crippen LogP contribution in [0.3, 0.4) is 0 Å². The summed E-state index contributed by atoms with van der Waals surface area (Å²) in [6.45, 7) is 9.47. The zero-order chi connectivity index (χ0) is 14.2. The largest absolute Gasteiger partial charge is 0.364 e. The maximum absolute atomic E-state index is 11.2. The van der Waals surface area contributed by atoms with Gasteiger partial charge in [0.25, 0.3) is 0 Å². The van der Waals surface area contributed by atoms with E-state index in [1.807, 2.05) is 6.92 Å². The van der Waals surface area contributed by atoms with Crippen LogP contribution in [0.15, 0.2) is 0 Å². The Hall–Kier alpha value is -1.59. The Morgan fingerprint density at radius 2 is 2.16 bits per heavy atom. The first kappa shape index (κ1) is 13.8. The molecule has 1 heterocycles. The number of hydrogen-bond acceptors (Lipinski definition) is 4. The number of hydrogen-bond donors (Lipinski definition) is 1. The normalized spacial score (nSPS) is 16.7. The minimum atomic E-state index is -0.341. The van der Waals surface area contributed by atoms with Crippen LogP contribution in [0.4, 0.5) is 11.5 Å². The number of nitro groups is 1. The lowest BCUT2D eigenvalue weighted by atomic mass is 9.92. The Morgan fingerprint density at radius 1 is 1.53 bits per heavy atom. The highest BCUT2D eigenvalue weighted by Gasteiger charge is 2.45. The van der Waals surface area contributed by atoms with Crippen LogP contribution in [-0.4, -0.2) is 21.2 Å². The molecule has 1 saturated carbocycles. The quantitative estimate of drug-likeness (QED) is 0.634. The van der Waals surface area contributed by atoms with E-state index in [0.717, 1.165) is 6.54 Å². The summed E-state index contributed by atoms with van der Waals surface area (Å²) in [4.78, 5) is 10.8. The van der Waals surface area contributed by atoms with Gasteiger partial charge in [0.15, 0.2) is 0 Å². The van der Waals surface area contributed by atoms with E-state index in [9.17, 15) is 10.1 Å². The molecule has 0 bridgehead atoms. The molecule has 6 heteroatoms. The predicted molar refractivity (Wildman–Crippen MR) is 74.3 cm³/mol. The van der Waals surface area contributed by atoms with Gasteiger partial charge in [-0.3, -0.25) is 10.1 Å². The van der Waals surface area contributed by atoms with Crippen LogP contribution in [0.5, 0.6) is 0 Å². The van der Waals surface area contributed by atoms with Crippen LogP contribution in [0, 0.1) is 28.4 Å². The molecule has 1 aromatic heterocycles. The van der Waals surface area contributed by atoms with Gasteiger partial charge >= 0.3 is 5.69 Å². The van der Waals surface area contributed by atoms with Crippen molar-refractivity contribution in [3.05, 3.63) is 15.8 Å². The molecule has 0 amide bonds. The molecular formula is C13H22N4O2. The molecule has 1 aromatic rings. The van der Waals surface area contributed by atoms with Gasteiger partial charge in [0, 0.05) is 13.1 Å². The molecule has 1 fully saturated rings. The molecular weight excluding hydrogens is 244 g/mol. The minimum Gasteiger partial charge on any atom is -0.364 e. The lowest BCUT2D eigenvalue weighted by Crippen LogP contribution is -2.22. The zero-order valence-electron chi connectivity index (χ0n) is 12.1. The first-order valence-corrected chi connectivity index (χ1v) is 6.87. The van der Waals surface area contributed by atoms with Crippen LogP contribution in [-0.2, 0) is 6.54 Å². The van der Waals surface area contributed by atoms with Crippen molar-refractivity contribution in [2.45, 2.75) is 47.1 Å². The molecule has 0 aliphatic heterocycles. The Morgan fingerprint density at radius 3 is 2.58 bits per heavy atom. The molecule has 0 atom stereocenters. The van der Waals surface area contributed by atoms with Gasteiger partial charge < -0.3 is 5.32 Å². The van der Waals surface area contributed by atoms with E-state index < -0.39 is 0 Å². The second-order valence-corrected chi connectivity index (χ2v) is 5.73. The van der Waals surface area contributed by atoms with E-state index in [4.69, 9.17) is 0 Å². The third kappa shape index (κ3) is 2.43. The van der Waals surface area contributed by atoms with Gasteiger partial charge in [0.1, 0.15) is 5.69 Å². The predicted octanol–water partition coefficient (Wildman–Crippen LogP) is 2.97. The third-order valence-electron chi connectivity index (χ3n) is 4.30. The smallest absolute Gasteiger partial charge is 0.333 e. The highest BCUT2D eigenvalue weighted by atomic mass is 16.6. The molecule has 0 unspecified atom stereocenters. The second-order valence-electron chi connectivity index (χ2n) is 5.73. The van der Waals surface area contributed by atoms with Gasteiger partial charge in [0.05, 0.1) is 4.92 Å². The van der Waals surface area contributed by atoms with Gasteiger partial charge in [0.2, 0.25) is 5.82 Å². The van der Waals surface area contributed by atoms with Crippen molar-refractivity contribution < 1.29 is 4.92 Å². The first-order chi connectivity index (χ1) is 8.91. The Bertz CT molecular complexity index is 489. The summed E-state index contributed by atoms with van der Waals surface area (Å²) >= 11 is 0. The van der Waals surface area contributed by atoms with Crippen molar-refractivity contribution >= 4 is 11.5 Å². The Labute approximate surface area is 113 Å². The summed E-state index contributed by atoms with van der Waals surface area (Å²) in [5.74, 6) is 1.15. The van der Waals surface area contributed by atoms with Gasteiger partial charge in [-0.25, -0.2) is 4.68 Å². The first-order valence-electron chi connectivity index (χ1n) is 6.87. The maximum atomic E-state index is 11.2. The van der Waals surface area contributed by atoms with E-state index in [1.54, 1.807) is 11.6 Å². The van der Waals surface area contributed by atoms with Crippen molar-refractivity contribution in [3.8, 4) is 0 Å². The summed E-state index contributed by atoms with van der Waals surface area (Å²) in [6, 6.07) is 0. The molecule has 0 spiro atoms. The number of nitrogens with one attached hydrogen (secondary N) is 1. The number of aryl methyl sites for hydroxylation is 2. The molecule has 1 aliphatic carbocycles. The molecule has 0 radical (unpaired) electrons. The van der Waals surface area contributed by atoms with Crippen molar-refractivity contribution in [2.75, 3.05) is 11.9 Å². The minimum absolute atomic E-state index is 0.112. The summed E-state index contributed by atoms with van der Waals surface area (Å²) < 4.78 is 1.68. The van der Waals surface area contributed by atoms with E-state index in [2.05, 4.69) is 24.3 Å². The van der Waals surface area contributed by atoms with Crippen LogP contribution in [0.1, 0.15) is 39.3 Å². The van der Waals surface area contributed by atoms with Crippen LogP contribution < -0.4 is 5.32 Å². The maximum Gasteiger partial charge on any atom is 0.333 e. The fourth-order valence-corrected chi connectivity index (χ4v) is 2.57. The van der Waals surface area contributed by atoms with Crippen LogP contribution in [0.25, 0.3) is 0 Å². The van der Waals surface area contributed by atoms with E-state index in [-0.39, 0.29) is 10.6 Å². The van der Waals surface area contributed by atoms with Crippen molar-refractivity contribution in [2.24, 2.45) is 11.3 Å². The molecule has 1 N–H and O–H groups in total. The van der Waals surface area contributed by atoms with Crippen molar-refractivity contribution in [3.63, 3.8) is 0 Å². The average Bonchev–Trinajstić information content (AvgIpc) is 3.05. The van der Waals surface area contributed by atoms with Crippen LogP contribution >= 0.6 is 0 Å². The second kappa shape index (κ2) is 4.83. The lowest BCUT2D eigenvalue weighted by Gasteiger charge is -2.20. The molecule has 19 heavy (non-hydrogen) atoms. The number of rotatable bonds is 6. The number of anilines is 1. The molecule has 0 aromatic carbocycles. The highest BCUT2D eigenvalue weighted by molar-refractivity contribution is 5.59.